The fourth-order valence-corrected chi connectivity index (χ4v) is 2.44. The molecule has 1 unspecified atom stereocenters. The molecule has 1 rings (SSSR count). The van der Waals surface area contributed by atoms with Crippen LogP contribution in [0.5, 0.6) is 0 Å². The van der Waals surface area contributed by atoms with Gasteiger partial charge in [0.05, 0.1) is 9.30 Å². The molecule has 1 heterocycles. The summed E-state index contributed by atoms with van der Waals surface area (Å²) < 4.78 is 78.5. The molecule has 1 fully saturated rings. The summed E-state index contributed by atoms with van der Waals surface area (Å²) in [5, 5.41) is 2.07. The lowest BCUT2D eigenvalue weighted by atomic mass is 10.5. The Morgan fingerprint density at radius 2 is 2.21 bits per heavy atom. The SMILES string of the molecule is [2H]C([2H])(CCl)N(C([2H])([2H])CCl)P1(=O)NCC([2H])([2H])C([2H])([2H])O1. The predicted octanol–water partition coefficient (Wildman–Crippen LogP) is 1.88. The average molecular weight is 269 g/mol. The van der Waals surface area contributed by atoms with Crippen LogP contribution in [-0.4, -0.2) is 42.5 Å². The van der Waals surface area contributed by atoms with Gasteiger partial charge in [-0.25, -0.2) is 9.76 Å². The average Bonchev–Trinajstić information content (AvgIpc) is 2.34. The normalized spacial score (nSPS) is 45.9. The summed E-state index contributed by atoms with van der Waals surface area (Å²) in [7, 11) is -4.65. The highest BCUT2D eigenvalue weighted by atomic mass is 35.5. The van der Waals surface area contributed by atoms with E-state index in [0.29, 0.717) is 0 Å². The molecule has 0 bridgehead atoms. The van der Waals surface area contributed by atoms with E-state index in [-0.39, 0.29) is 4.67 Å². The Labute approximate surface area is 106 Å². The molecule has 84 valence electrons. The lowest BCUT2D eigenvalue weighted by Crippen LogP contribution is -2.35. The highest BCUT2D eigenvalue weighted by Gasteiger charge is 2.32. The molecular formula is C7H15Cl2N2O2P. The first kappa shape index (κ1) is 5.35. The van der Waals surface area contributed by atoms with Crippen molar-refractivity contribution in [3.8, 4) is 0 Å². The van der Waals surface area contributed by atoms with Crippen LogP contribution >= 0.6 is 30.9 Å². The summed E-state index contributed by atoms with van der Waals surface area (Å²) in [6.07, 6.45) is -2.55. The molecule has 0 aromatic heterocycles. The summed E-state index contributed by atoms with van der Waals surface area (Å²) in [6, 6.07) is 0. The predicted molar refractivity (Wildman–Crippen MR) is 59.2 cm³/mol. The van der Waals surface area contributed by atoms with Gasteiger partial charge in [0.2, 0.25) is 0 Å². The maximum atomic E-state index is 12.8. The van der Waals surface area contributed by atoms with Gasteiger partial charge in [0.15, 0.2) is 0 Å². The van der Waals surface area contributed by atoms with Gasteiger partial charge in [0.1, 0.15) is 0 Å². The van der Waals surface area contributed by atoms with Gasteiger partial charge < -0.3 is 4.52 Å². The number of nitrogens with zero attached hydrogens (tertiary/aromatic N) is 1. The second-order valence-electron chi connectivity index (χ2n) is 2.12. The quantitative estimate of drug-likeness (QED) is 0.611. The zero-order valence-corrected chi connectivity index (χ0v) is 9.49. The minimum absolute atomic E-state index is 0.111. The summed E-state index contributed by atoms with van der Waals surface area (Å²) in [5.74, 6) is -1.59. The first-order valence-corrected chi connectivity index (χ1v) is 6.29. The fraction of sp³-hybridized carbons (Fsp3) is 1.00. The van der Waals surface area contributed by atoms with Crippen molar-refractivity contribution in [2.24, 2.45) is 0 Å². The van der Waals surface area contributed by atoms with E-state index in [9.17, 15) is 4.57 Å². The van der Waals surface area contributed by atoms with E-state index >= 15 is 0 Å². The van der Waals surface area contributed by atoms with Gasteiger partial charge in [-0.3, -0.25) is 4.57 Å². The number of halogens is 2. The maximum Gasteiger partial charge on any atom is 0.343 e. The van der Waals surface area contributed by atoms with Gasteiger partial charge >= 0.3 is 7.67 Å². The van der Waals surface area contributed by atoms with Gasteiger partial charge in [-0.1, -0.05) is 0 Å². The van der Waals surface area contributed by atoms with Crippen LogP contribution < -0.4 is 5.09 Å². The van der Waals surface area contributed by atoms with Crippen molar-refractivity contribution in [1.82, 2.24) is 9.76 Å². The molecule has 14 heavy (non-hydrogen) atoms. The first-order chi connectivity index (χ1) is 9.65. The fourth-order valence-electron chi connectivity index (χ4n) is 0.769. The zero-order valence-electron chi connectivity index (χ0n) is 15.1. The molecule has 1 aliphatic heterocycles. The molecule has 0 saturated carbocycles. The smallest absolute Gasteiger partial charge is 0.306 e. The van der Waals surface area contributed by atoms with Crippen LogP contribution in [0, 0.1) is 0 Å². The molecule has 1 aliphatic rings. The van der Waals surface area contributed by atoms with Gasteiger partial charge in [0.25, 0.3) is 0 Å². The molecule has 0 aromatic carbocycles. The van der Waals surface area contributed by atoms with Crippen molar-refractivity contribution in [1.29, 1.82) is 0 Å². The molecule has 0 aliphatic carbocycles. The van der Waals surface area contributed by atoms with Gasteiger partial charge in [-0.15, -0.1) is 23.2 Å². The molecule has 1 atom stereocenters. The molecule has 7 heteroatoms. The molecule has 0 spiro atoms. The summed E-state index contributed by atoms with van der Waals surface area (Å²) in [5.41, 5.74) is 0. The third-order valence-corrected chi connectivity index (χ3v) is 3.24. The zero-order chi connectivity index (χ0) is 17.6. The van der Waals surface area contributed by atoms with E-state index in [2.05, 4.69) is 9.61 Å². The Hall–Kier alpha value is 0.690. The minimum atomic E-state index is -4.65. The van der Waals surface area contributed by atoms with Crippen LogP contribution in [0.3, 0.4) is 0 Å². The maximum absolute atomic E-state index is 12.8. The van der Waals surface area contributed by atoms with Crippen LogP contribution in [0.15, 0.2) is 0 Å². The third kappa shape index (κ3) is 3.37. The third-order valence-electron chi connectivity index (χ3n) is 1.29. The van der Waals surface area contributed by atoms with Crippen molar-refractivity contribution in [2.45, 2.75) is 6.37 Å². The van der Waals surface area contributed by atoms with Crippen molar-refractivity contribution in [3.05, 3.63) is 0 Å². The van der Waals surface area contributed by atoms with Crippen molar-refractivity contribution in [3.63, 3.8) is 0 Å². The molecule has 4 nitrogen and oxygen atoms in total. The second kappa shape index (κ2) is 6.31. The lowest BCUT2D eigenvalue weighted by Gasteiger charge is -2.33. The van der Waals surface area contributed by atoms with E-state index in [1.54, 1.807) is 0 Å². The summed E-state index contributed by atoms with van der Waals surface area (Å²) in [4.78, 5) is 0. The number of rotatable bonds is 5. The van der Waals surface area contributed by atoms with E-state index in [4.69, 9.17) is 34.2 Å². The summed E-state index contributed by atoms with van der Waals surface area (Å²) >= 11 is 10.9. The number of nitrogens with one attached hydrogen (secondary N) is 1. The second-order valence-corrected chi connectivity index (χ2v) is 4.59. The topological polar surface area (TPSA) is 41.6 Å². The molecule has 0 aromatic rings. The minimum Gasteiger partial charge on any atom is -0.306 e. The number of hydrogen-bond acceptors (Lipinski definition) is 2. The van der Waals surface area contributed by atoms with E-state index < -0.39 is 51.9 Å². The van der Waals surface area contributed by atoms with E-state index in [1.807, 2.05) is 0 Å². The van der Waals surface area contributed by atoms with Crippen LogP contribution in [0.2, 0.25) is 0 Å². The molecule has 0 radical (unpaired) electrons. The Balaban J connectivity index is 3.35. The van der Waals surface area contributed by atoms with Gasteiger partial charge in [-0.2, -0.15) is 0 Å². The monoisotopic (exact) mass is 268 g/mol. The molecular weight excluding hydrogens is 246 g/mol. The van der Waals surface area contributed by atoms with Crippen LogP contribution in [0.4, 0.5) is 0 Å². The van der Waals surface area contributed by atoms with Crippen molar-refractivity contribution < 1.29 is 20.1 Å². The summed E-state index contributed by atoms with van der Waals surface area (Å²) in [6.45, 7) is -9.19. The highest BCUT2D eigenvalue weighted by Crippen LogP contribution is 2.47. The molecule has 0 amide bonds. The Morgan fingerprint density at radius 3 is 2.71 bits per heavy atom. The number of alkyl halides is 2. The Bertz CT molecular complexity index is 463. The van der Waals surface area contributed by atoms with Gasteiger partial charge in [0, 0.05) is 39.5 Å². The Kier molecular flexibility index (Phi) is 2.41. The first-order valence-electron chi connectivity index (χ1n) is 7.64. The van der Waals surface area contributed by atoms with Crippen LogP contribution in [0.1, 0.15) is 17.3 Å². The van der Waals surface area contributed by atoms with Crippen LogP contribution in [0.25, 0.3) is 0 Å². The Morgan fingerprint density at radius 1 is 1.57 bits per heavy atom. The van der Waals surface area contributed by atoms with Gasteiger partial charge in [-0.05, 0) is 6.37 Å². The standard InChI is InChI=1S/C7H15Cl2N2O2P/c8-2-5-11(6-3-9)14(12)10-4-1-7-13-14/h1-7H2,(H,10,12)/i1D2,5D2,6D2,7D2. The number of hydrogen-bond donors (Lipinski definition) is 1. The van der Waals surface area contributed by atoms with Crippen molar-refractivity contribution >= 4 is 30.9 Å². The highest BCUT2D eigenvalue weighted by molar-refractivity contribution is 7.54. The lowest BCUT2D eigenvalue weighted by molar-refractivity contribution is 0.233. The molecule has 1 saturated heterocycles. The van der Waals surface area contributed by atoms with Crippen molar-refractivity contribution in [2.75, 3.05) is 37.9 Å². The molecule has 1 N–H and O–H groups in total. The van der Waals surface area contributed by atoms with E-state index in [0.717, 1.165) is 0 Å². The largest absolute Gasteiger partial charge is 0.343 e. The van der Waals surface area contributed by atoms with E-state index in [1.165, 1.54) is 0 Å². The van der Waals surface area contributed by atoms with Crippen LogP contribution in [-0.2, 0) is 9.09 Å².